The highest BCUT2D eigenvalue weighted by atomic mass is 35.5. The minimum Gasteiger partial charge on any atom is -0.311 e. The number of nitrogens with one attached hydrogen (secondary N) is 1. The van der Waals surface area contributed by atoms with Crippen LogP contribution in [0.25, 0.3) is 0 Å². The molecule has 0 saturated heterocycles. The minimum absolute atomic E-state index is 0.585. The monoisotopic (exact) mass is 266 g/mol. The molecule has 1 atom stereocenters. The maximum absolute atomic E-state index is 6.22. The average Bonchev–Trinajstić information content (AvgIpc) is 3.15. The Labute approximate surface area is 115 Å². The summed E-state index contributed by atoms with van der Waals surface area (Å²) in [6.07, 6.45) is 2.73. The Hall–Kier alpha value is -0.570. The summed E-state index contributed by atoms with van der Waals surface area (Å²) in [6.45, 7) is 6.21. The van der Waals surface area contributed by atoms with Crippen molar-refractivity contribution in [3.05, 3.63) is 34.3 Å². The summed E-state index contributed by atoms with van der Waals surface area (Å²) in [4.78, 5) is 2.48. The third-order valence-corrected chi connectivity index (χ3v) is 4.13. The van der Waals surface area contributed by atoms with E-state index in [9.17, 15) is 0 Å². The first-order valence-electron chi connectivity index (χ1n) is 6.75. The van der Waals surface area contributed by atoms with Crippen LogP contribution in [-0.4, -0.2) is 30.6 Å². The number of likely N-dealkylation sites (N-methyl/N-ethyl adjacent to an activating group) is 1. The van der Waals surface area contributed by atoms with E-state index in [1.54, 1.807) is 0 Å². The highest BCUT2D eigenvalue weighted by molar-refractivity contribution is 6.31. The van der Waals surface area contributed by atoms with Crippen molar-refractivity contribution in [1.82, 2.24) is 10.2 Å². The molecule has 1 aromatic rings. The SMILES string of the molecule is Cc1ccc(CNCC(C)N(C)C2CC2)c(Cl)c1. The molecule has 0 aliphatic heterocycles. The van der Waals surface area contributed by atoms with Crippen molar-refractivity contribution in [2.45, 2.75) is 45.3 Å². The predicted molar refractivity (Wildman–Crippen MR) is 78.1 cm³/mol. The van der Waals surface area contributed by atoms with E-state index in [4.69, 9.17) is 11.6 Å². The molecule has 0 aromatic heterocycles. The number of nitrogens with zero attached hydrogens (tertiary/aromatic N) is 1. The van der Waals surface area contributed by atoms with Crippen LogP contribution in [0.4, 0.5) is 0 Å². The van der Waals surface area contributed by atoms with E-state index >= 15 is 0 Å². The Balaban J connectivity index is 1.77. The summed E-state index contributed by atoms with van der Waals surface area (Å²) in [5.41, 5.74) is 2.40. The van der Waals surface area contributed by atoms with Crippen LogP contribution in [0, 0.1) is 6.92 Å². The van der Waals surface area contributed by atoms with Gasteiger partial charge in [0.15, 0.2) is 0 Å². The van der Waals surface area contributed by atoms with Crippen LogP contribution in [0.5, 0.6) is 0 Å². The molecule has 1 aromatic carbocycles. The zero-order valence-electron chi connectivity index (χ0n) is 11.5. The van der Waals surface area contributed by atoms with Gasteiger partial charge < -0.3 is 5.32 Å². The molecule has 0 bridgehead atoms. The topological polar surface area (TPSA) is 15.3 Å². The van der Waals surface area contributed by atoms with Crippen molar-refractivity contribution in [3.8, 4) is 0 Å². The first kappa shape index (κ1) is 13.9. The van der Waals surface area contributed by atoms with E-state index in [0.29, 0.717) is 6.04 Å². The largest absolute Gasteiger partial charge is 0.311 e. The van der Waals surface area contributed by atoms with Gasteiger partial charge in [0.05, 0.1) is 0 Å². The Morgan fingerprint density at radius 3 is 2.78 bits per heavy atom. The summed E-state index contributed by atoms with van der Waals surface area (Å²) >= 11 is 6.22. The van der Waals surface area contributed by atoms with Crippen molar-refractivity contribution in [2.75, 3.05) is 13.6 Å². The summed E-state index contributed by atoms with van der Waals surface area (Å²) < 4.78 is 0. The summed E-state index contributed by atoms with van der Waals surface area (Å²) in [5.74, 6) is 0. The third-order valence-electron chi connectivity index (χ3n) is 3.78. The fourth-order valence-corrected chi connectivity index (χ4v) is 2.50. The van der Waals surface area contributed by atoms with Crippen LogP contribution in [0.3, 0.4) is 0 Å². The molecule has 1 unspecified atom stereocenters. The molecule has 2 nitrogen and oxygen atoms in total. The molecular formula is C15H23ClN2. The number of hydrogen-bond acceptors (Lipinski definition) is 2. The number of rotatable bonds is 6. The van der Waals surface area contributed by atoms with Gasteiger partial charge in [-0.05, 0) is 50.9 Å². The molecule has 1 N–H and O–H groups in total. The molecular weight excluding hydrogens is 244 g/mol. The lowest BCUT2D eigenvalue weighted by Crippen LogP contribution is -2.38. The van der Waals surface area contributed by atoms with Gasteiger partial charge in [0.2, 0.25) is 0 Å². The average molecular weight is 267 g/mol. The number of halogens is 1. The second kappa shape index (κ2) is 6.05. The van der Waals surface area contributed by atoms with Gasteiger partial charge in [-0.25, -0.2) is 0 Å². The Morgan fingerprint density at radius 1 is 1.44 bits per heavy atom. The van der Waals surface area contributed by atoms with Gasteiger partial charge in [-0.15, -0.1) is 0 Å². The van der Waals surface area contributed by atoms with E-state index in [-0.39, 0.29) is 0 Å². The fourth-order valence-electron chi connectivity index (χ4n) is 2.20. The lowest BCUT2D eigenvalue weighted by Gasteiger charge is -2.24. The van der Waals surface area contributed by atoms with Crippen molar-refractivity contribution in [3.63, 3.8) is 0 Å². The summed E-state index contributed by atoms with van der Waals surface area (Å²) in [5, 5.41) is 4.37. The second-order valence-electron chi connectivity index (χ2n) is 5.47. The van der Waals surface area contributed by atoms with Gasteiger partial charge in [0.25, 0.3) is 0 Å². The van der Waals surface area contributed by atoms with Crippen molar-refractivity contribution in [2.24, 2.45) is 0 Å². The highest BCUT2D eigenvalue weighted by Crippen LogP contribution is 2.26. The smallest absolute Gasteiger partial charge is 0.0453 e. The van der Waals surface area contributed by atoms with Gasteiger partial charge in [0.1, 0.15) is 0 Å². The summed E-state index contributed by atoms with van der Waals surface area (Å²) in [6, 6.07) is 7.66. The zero-order valence-corrected chi connectivity index (χ0v) is 12.3. The number of benzene rings is 1. The van der Waals surface area contributed by atoms with Crippen LogP contribution in [0.15, 0.2) is 18.2 Å². The molecule has 100 valence electrons. The van der Waals surface area contributed by atoms with Crippen molar-refractivity contribution >= 4 is 11.6 Å². The van der Waals surface area contributed by atoms with E-state index in [0.717, 1.165) is 24.2 Å². The van der Waals surface area contributed by atoms with Gasteiger partial charge >= 0.3 is 0 Å². The molecule has 0 radical (unpaired) electrons. The van der Waals surface area contributed by atoms with Gasteiger partial charge in [-0.1, -0.05) is 23.7 Å². The molecule has 0 spiro atoms. The highest BCUT2D eigenvalue weighted by Gasteiger charge is 2.28. The molecule has 2 rings (SSSR count). The van der Waals surface area contributed by atoms with Crippen LogP contribution >= 0.6 is 11.6 Å². The Bertz CT molecular complexity index is 401. The van der Waals surface area contributed by atoms with E-state index in [2.05, 4.69) is 43.2 Å². The molecule has 1 aliphatic carbocycles. The minimum atomic E-state index is 0.585. The second-order valence-corrected chi connectivity index (χ2v) is 5.88. The molecule has 18 heavy (non-hydrogen) atoms. The molecule has 1 aliphatic rings. The quantitative estimate of drug-likeness (QED) is 0.851. The van der Waals surface area contributed by atoms with Crippen molar-refractivity contribution in [1.29, 1.82) is 0 Å². The van der Waals surface area contributed by atoms with Crippen LogP contribution in [-0.2, 0) is 6.54 Å². The molecule has 1 saturated carbocycles. The van der Waals surface area contributed by atoms with Gasteiger partial charge in [-0.2, -0.15) is 0 Å². The fraction of sp³-hybridized carbons (Fsp3) is 0.600. The summed E-state index contributed by atoms with van der Waals surface area (Å²) in [7, 11) is 2.23. The van der Waals surface area contributed by atoms with Crippen LogP contribution < -0.4 is 5.32 Å². The maximum Gasteiger partial charge on any atom is 0.0453 e. The maximum atomic E-state index is 6.22. The molecule has 1 fully saturated rings. The van der Waals surface area contributed by atoms with Gasteiger partial charge in [0, 0.05) is 30.2 Å². The normalized spacial score (nSPS) is 17.2. The number of hydrogen-bond donors (Lipinski definition) is 1. The van der Waals surface area contributed by atoms with E-state index in [1.807, 2.05) is 6.07 Å². The lowest BCUT2D eigenvalue weighted by atomic mass is 10.1. The Kier molecular flexibility index (Phi) is 4.66. The van der Waals surface area contributed by atoms with Gasteiger partial charge in [-0.3, -0.25) is 4.90 Å². The third kappa shape index (κ3) is 3.71. The lowest BCUT2D eigenvalue weighted by molar-refractivity contribution is 0.241. The predicted octanol–water partition coefficient (Wildman–Crippen LogP) is 3.22. The standard InChI is InChI=1S/C15H23ClN2/c1-11-4-5-13(15(16)8-11)10-17-9-12(2)18(3)14-6-7-14/h4-5,8,12,14,17H,6-7,9-10H2,1-3H3. The first-order chi connectivity index (χ1) is 8.58. The first-order valence-corrected chi connectivity index (χ1v) is 7.13. The van der Waals surface area contributed by atoms with E-state index < -0.39 is 0 Å². The molecule has 0 amide bonds. The van der Waals surface area contributed by atoms with Crippen LogP contribution in [0.1, 0.15) is 30.9 Å². The molecule has 3 heteroatoms. The Morgan fingerprint density at radius 2 is 2.17 bits per heavy atom. The van der Waals surface area contributed by atoms with Crippen molar-refractivity contribution < 1.29 is 0 Å². The van der Waals surface area contributed by atoms with Crippen LogP contribution in [0.2, 0.25) is 5.02 Å². The zero-order chi connectivity index (χ0) is 13.1. The molecule has 0 heterocycles. The van der Waals surface area contributed by atoms with E-state index in [1.165, 1.54) is 24.0 Å². The number of aryl methyl sites for hydroxylation is 1.